The molecule has 0 amide bonds. The molecule has 0 aromatic heterocycles. The summed E-state index contributed by atoms with van der Waals surface area (Å²) in [6.07, 6.45) is 5.03. The normalized spacial score (nSPS) is 11.4. The van der Waals surface area contributed by atoms with Gasteiger partial charge in [-0.1, -0.05) is 20.8 Å². The summed E-state index contributed by atoms with van der Waals surface area (Å²) in [6, 6.07) is 0. The lowest BCUT2D eigenvalue weighted by atomic mass is 10.3. The first-order valence-corrected chi connectivity index (χ1v) is 4.64. The average molecular weight is 170 g/mol. The summed E-state index contributed by atoms with van der Waals surface area (Å²) < 4.78 is 5.10. The Hall–Kier alpha value is -0.790. The predicted molar refractivity (Wildman–Crippen MR) is 49.7 cm³/mol. The summed E-state index contributed by atoms with van der Waals surface area (Å²) >= 11 is 0. The van der Waals surface area contributed by atoms with E-state index in [0.717, 1.165) is 25.0 Å². The SMILES string of the molecule is CCC=C(CC)OC(=O)CCC. The number of esters is 1. The van der Waals surface area contributed by atoms with Crippen molar-refractivity contribution in [1.82, 2.24) is 0 Å². The fourth-order valence-corrected chi connectivity index (χ4v) is 0.887. The van der Waals surface area contributed by atoms with Crippen LogP contribution >= 0.6 is 0 Å². The highest BCUT2D eigenvalue weighted by molar-refractivity contribution is 5.70. The standard InChI is InChI=1S/C10H18O2/c1-4-7-9(6-3)12-10(11)8-5-2/h7H,4-6,8H2,1-3H3. The molecule has 0 unspecified atom stereocenters. The molecule has 0 rings (SSSR count). The maximum absolute atomic E-state index is 11.0. The van der Waals surface area contributed by atoms with Gasteiger partial charge in [-0.2, -0.15) is 0 Å². The van der Waals surface area contributed by atoms with Crippen LogP contribution in [0.25, 0.3) is 0 Å². The molecule has 0 spiro atoms. The molecular formula is C10H18O2. The molecule has 0 heterocycles. The van der Waals surface area contributed by atoms with Gasteiger partial charge in [0, 0.05) is 12.8 Å². The Kier molecular flexibility index (Phi) is 6.44. The summed E-state index contributed by atoms with van der Waals surface area (Å²) in [6.45, 7) is 5.99. The van der Waals surface area contributed by atoms with E-state index in [1.165, 1.54) is 0 Å². The number of hydrogen-bond donors (Lipinski definition) is 0. The van der Waals surface area contributed by atoms with Gasteiger partial charge < -0.3 is 4.74 Å². The van der Waals surface area contributed by atoms with Crippen LogP contribution in [0.5, 0.6) is 0 Å². The third-order valence-corrected chi connectivity index (χ3v) is 1.48. The van der Waals surface area contributed by atoms with Gasteiger partial charge in [0.25, 0.3) is 0 Å². The summed E-state index contributed by atoms with van der Waals surface area (Å²) in [5, 5.41) is 0. The van der Waals surface area contributed by atoms with E-state index < -0.39 is 0 Å². The van der Waals surface area contributed by atoms with Crippen molar-refractivity contribution in [2.75, 3.05) is 0 Å². The topological polar surface area (TPSA) is 26.3 Å². The fraction of sp³-hybridized carbons (Fsp3) is 0.700. The molecule has 0 aliphatic carbocycles. The number of carbonyl (C=O) groups excluding carboxylic acids is 1. The molecule has 0 bridgehead atoms. The minimum absolute atomic E-state index is 0.112. The van der Waals surface area contributed by atoms with Crippen molar-refractivity contribution >= 4 is 5.97 Å². The van der Waals surface area contributed by atoms with Crippen molar-refractivity contribution in [1.29, 1.82) is 0 Å². The summed E-state index contributed by atoms with van der Waals surface area (Å²) in [5.74, 6) is 0.690. The number of allylic oxidation sites excluding steroid dienone is 2. The van der Waals surface area contributed by atoms with E-state index in [1.807, 2.05) is 26.8 Å². The van der Waals surface area contributed by atoms with E-state index in [2.05, 4.69) is 0 Å². The Balaban J connectivity index is 3.85. The molecular weight excluding hydrogens is 152 g/mol. The third kappa shape index (κ3) is 4.94. The van der Waals surface area contributed by atoms with Crippen LogP contribution < -0.4 is 0 Å². The summed E-state index contributed by atoms with van der Waals surface area (Å²) in [5.41, 5.74) is 0. The molecule has 0 atom stereocenters. The van der Waals surface area contributed by atoms with Crippen molar-refractivity contribution in [3.63, 3.8) is 0 Å². The molecule has 0 aliphatic heterocycles. The van der Waals surface area contributed by atoms with Gasteiger partial charge in [0.05, 0.1) is 0 Å². The zero-order chi connectivity index (χ0) is 9.40. The minimum Gasteiger partial charge on any atom is -0.431 e. The van der Waals surface area contributed by atoms with E-state index >= 15 is 0 Å². The highest BCUT2D eigenvalue weighted by Gasteiger charge is 2.02. The van der Waals surface area contributed by atoms with Crippen LogP contribution in [-0.4, -0.2) is 5.97 Å². The van der Waals surface area contributed by atoms with Gasteiger partial charge >= 0.3 is 5.97 Å². The Morgan fingerprint density at radius 3 is 2.42 bits per heavy atom. The predicted octanol–water partition coefficient (Wildman–Crippen LogP) is 3.03. The smallest absolute Gasteiger partial charge is 0.310 e. The molecule has 0 fully saturated rings. The number of carbonyl (C=O) groups is 1. The van der Waals surface area contributed by atoms with Crippen LogP contribution in [0.3, 0.4) is 0 Å². The third-order valence-electron chi connectivity index (χ3n) is 1.48. The molecule has 0 saturated carbocycles. The van der Waals surface area contributed by atoms with Crippen molar-refractivity contribution in [2.24, 2.45) is 0 Å². The summed E-state index contributed by atoms with van der Waals surface area (Å²) in [4.78, 5) is 11.0. The monoisotopic (exact) mass is 170 g/mol. The van der Waals surface area contributed by atoms with Gasteiger partial charge in [-0.3, -0.25) is 4.79 Å². The van der Waals surface area contributed by atoms with Gasteiger partial charge in [-0.25, -0.2) is 0 Å². The lowest BCUT2D eigenvalue weighted by molar-refractivity contribution is -0.139. The highest BCUT2D eigenvalue weighted by atomic mass is 16.5. The van der Waals surface area contributed by atoms with Gasteiger partial charge in [0.1, 0.15) is 5.76 Å². The van der Waals surface area contributed by atoms with E-state index in [9.17, 15) is 4.79 Å². The molecule has 0 aliphatic rings. The van der Waals surface area contributed by atoms with Crippen molar-refractivity contribution < 1.29 is 9.53 Å². The Morgan fingerprint density at radius 1 is 1.33 bits per heavy atom. The first-order valence-electron chi connectivity index (χ1n) is 4.64. The van der Waals surface area contributed by atoms with E-state index in [1.54, 1.807) is 0 Å². The van der Waals surface area contributed by atoms with Crippen molar-refractivity contribution in [3.8, 4) is 0 Å². The Labute approximate surface area is 74.6 Å². The molecule has 0 aromatic rings. The maximum Gasteiger partial charge on any atom is 0.310 e. The van der Waals surface area contributed by atoms with Crippen LogP contribution in [0.4, 0.5) is 0 Å². The van der Waals surface area contributed by atoms with Crippen molar-refractivity contribution in [2.45, 2.75) is 46.5 Å². The quantitative estimate of drug-likeness (QED) is 0.468. The molecule has 0 saturated heterocycles. The van der Waals surface area contributed by atoms with Crippen molar-refractivity contribution in [3.05, 3.63) is 11.8 Å². The van der Waals surface area contributed by atoms with Crippen LogP contribution in [0, 0.1) is 0 Å². The molecule has 2 nitrogen and oxygen atoms in total. The fourth-order valence-electron chi connectivity index (χ4n) is 0.887. The zero-order valence-electron chi connectivity index (χ0n) is 8.22. The lowest BCUT2D eigenvalue weighted by Crippen LogP contribution is -2.02. The average Bonchev–Trinajstić information content (AvgIpc) is 2.04. The number of hydrogen-bond acceptors (Lipinski definition) is 2. The molecule has 70 valence electrons. The highest BCUT2D eigenvalue weighted by Crippen LogP contribution is 2.06. The van der Waals surface area contributed by atoms with Crippen LogP contribution in [0.1, 0.15) is 46.5 Å². The Morgan fingerprint density at radius 2 is 2.00 bits per heavy atom. The zero-order valence-corrected chi connectivity index (χ0v) is 8.22. The molecule has 2 heteroatoms. The summed E-state index contributed by atoms with van der Waals surface area (Å²) in [7, 11) is 0. The Bertz CT molecular complexity index is 159. The second-order valence-electron chi connectivity index (χ2n) is 2.66. The van der Waals surface area contributed by atoms with Crippen LogP contribution in [-0.2, 0) is 9.53 Å². The van der Waals surface area contributed by atoms with E-state index in [4.69, 9.17) is 4.74 Å². The first kappa shape index (κ1) is 11.2. The lowest BCUT2D eigenvalue weighted by Gasteiger charge is -2.04. The van der Waals surface area contributed by atoms with Crippen LogP contribution in [0.2, 0.25) is 0 Å². The van der Waals surface area contributed by atoms with Gasteiger partial charge in [-0.15, -0.1) is 0 Å². The second-order valence-corrected chi connectivity index (χ2v) is 2.66. The number of ether oxygens (including phenoxy) is 1. The van der Waals surface area contributed by atoms with E-state index in [-0.39, 0.29) is 5.97 Å². The number of rotatable bonds is 5. The van der Waals surface area contributed by atoms with Gasteiger partial charge in [-0.05, 0) is 18.9 Å². The second kappa shape index (κ2) is 6.89. The molecule has 0 N–H and O–H groups in total. The first-order chi connectivity index (χ1) is 5.74. The molecule has 0 radical (unpaired) electrons. The molecule has 12 heavy (non-hydrogen) atoms. The maximum atomic E-state index is 11.0. The largest absolute Gasteiger partial charge is 0.431 e. The molecule has 0 aromatic carbocycles. The minimum atomic E-state index is -0.112. The van der Waals surface area contributed by atoms with E-state index in [0.29, 0.717) is 6.42 Å². The van der Waals surface area contributed by atoms with Gasteiger partial charge in [0.15, 0.2) is 0 Å². The van der Waals surface area contributed by atoms with Gasteiger partial charge in [0.2, 0.25) is 0 Å². The van der Waals surface area contributed by atoms with Crippen LogP contribution in [0.15, 0.2) is 11.8 Å².